The Morgan fingerprint density at radius 2 is 2.04 bits per heavy atom. The number of hydrogen-bond acceptors (Lipinski definition) is 10. The van der Waals surface area contributed by atoms with Crippen molar-refractivity contribution < 1.29 is 30.3 Å². The Bertz CT molecular complexity index is 925. The number of nitrogens with two attached hydrogens (primary N) is 1. The molecule has 1 aliphatic rings. The van der Waals surface area contributed by atoms with Gasteiger partial charge >= 0.3 is 5.69 Å². The zero-order chi connectivity index (χ0) is 19.2. The van der Waals surface area contributed by atoms with Gasteiger partial charge in [-0.1, -0.05) is 0 Å². The van der Waals surface area contributed by atoms with Gasteiger partial charge < -0.3 is 36.0 Å². The molecule has 1 aliphatic heterocycles. The van der Waals surface area contributed by atoms with Gasteiger partial charge in [0.1, 0.15) is 6.10 Å². The molecule has 3 heterocycles. The van der Waals surface area contributed by atoms with E-state index >= 15 is 0 Å². The van der Waals surface area contributed by atoms with Crippen LogP contribution < -0.4 is 17.0 Å². The van der Waals surface area contributed by atoms with E-state index in [1.807, 2.05) is 0 Å². The molecule has 144 valence electrons. The van der Waals surface area contributed by atoms with Gasteiger partial charge in [0.05, 0.1) is 12.7 Å². The molecular weight excluding hydrogens is 354 g/mol. The molecular formula is C13H19N5O8. The number of nitrogens with zero attached hydrogens (tertiary/aromatic N) is 3. The summed E-state index contributed by atoms with van der Waals surface area (Å²) in [6.45, 7) is -0.814. The van der Waals surface area contributed by atoms with Crippen LogP contribution in [-0.2, 0) is 11.3 Å². The van der Waals surface area contributed by atoms with Crippen LogP contribution in [0.5, 0.6) is 0 Å². The maximum atomic E-state index is 12.8. The molecule has 0 saturated carbocycles. The second-order valence-corrected chi connectivity index (χ2v) is 6.09. The molecule has 3 atom stereocenters. The number of fused-ring (bicyclic) bond motifs is 1. The summed E-state index contributed by atoms with van der Waals surface area (Å²) in [5.41, 5.74) is 3.50. The highest BCUT2D eigenvalue weighted by Gasteiger charge is 2.38. The molecule has 3 rings (SSSR count). The molecule has 0 radical (unpaired) electrons. The lowest BCUT2D eigenvalue weighted by Gasteiger charge is -2.16. The van der Waals surface area contributed by atoms with Crippen LogP contribution in [0.4, 0.5) is 5.95 Å². The first-order valence-corrected chi connectivity index (χ1v) is 7.74. The van der Waals surface area contributed by atoms with E-state index in [1.54, 1.807) is 0 Å². The molecule has 26 heavy (non-hydrogen) atoms. The van der Waals surface area contributed by atoms with Crippen LogP contribution in [0.15, 0.2) is 9.59 Å². The van der Waals surface area contributed by atoms with E-state index in [0.29, 0.717) is 0 Å². The molecule has 0 amide bonds. The summed E-state index contributed by atoms with van der Waals surface area (Å²) in [5.74, 6) is -3.33. The number of hydrogen-bond donors (Lipinski definition) is 7. The summed E-state index contributed by atoms with van der Waals surface area (Å²) in [6, 6.07) is 0. The molecule has 0 bridgehead atoms. The average Bonchev–Trinajstić information content (AvgIpc) is 3.01. The lowest BCUT2D eigenvalue weighted by atomic mass is 10.2. The predicted octanol–water partition coefficient (Wildman–Crippen LogP) is -3.87. The van der Waals surface area contributed by atoms with Crippen LogP contribution in [0.3, 0.4) is 0 Å². The molecule has 8 N–H and O–H groups in total. The zero-order valence-electron chi connectivity index (χ0n) is 13.4. The van der Waals surface area contributed by atoms with Crippen molar-refractivity contribution in [3.05, 3.63) is 20.8 Å². The lowest BCUT2D eigenvalue weighted by molar-refractivity contribution is -0.315. The lowest BCUT2D eigenvalue weighted by Crippen LogP contribution is -2.35. The van der Waals surface area contributed by atoms with Crippen LogP contribution in [-0.4, -0.2) is 69.4 Å². The summed E-state index contributed by atoms with van der Waals surface area (Å²) < 4.78 is 7.22. The van der Waals surface area contributed by atoms with Crippen molar-refractivity contribution in [3.8, 4) is 0 Å². The number of aromatic nitrogens is 4. The van der Waals surface area contributed by atoms with E-state index in [-0.39, 0.29) is 30.1 Å². The topological polar surface area (TPSA) is 209 Å². The molecule has 13 heteroatoms. The number of H-pyrrole nitrogens is 1. The fourth-order valence-corrected chi connectivity index (χ4v) is 2.98. The molecule has 1 saturated heterocycles. The molecule has 2 aromatic heterocycles. The number of rotatable bonds is 5. The first-order chi connectivity index (χ1) is 12.1. The number of nitrogen functional groups attached to an aromatic ring is 1. The summed E-state index contributed by atoms with van der Waals surface area (Å²) in [7, 11) is 0. The highest BCUT2D eigenvalue weighted by molar-refractivity contribution is 5.71. The molecule has 13 nitrogen and oxygen atoms in total. The van der Waals surface area contributed by atoms with E-state index in [1.165, 1.54) is 0 Å². The van der Waals surface area contributed by atoms with E-state index in [4.69, 9.17) is 25.8 Å². The van der Waals surface area contributed by atoms with Crippen molar-refractivity contribution >= 4 is 17.1 Å². The van der Waals surface area contributed by atoms with Crippen molar-refractivity contribution in [2.45, 2.75) is 43.8 Å². The minimum absolute atomic E-state index is 0.0615. The van der Waals surface area contributed by atoms with Crippen LogP contribution >= 0.6 is 0 Å². The maximum Gasteiger partial charge on any atom is 0.332 e. The van der Waals surface area contributed by atoms with Crippen molar-refractivity contribution in [1.82, 2.24) is 19.1 Å². The first-order valence-electron chi connectivity index (χ1n) is 7.74. The minimum Gasteiger partial charge on any atom is -0.394 e. The van der Waals surface area contributed by atoms with E-state index in [0.717, 1.165) is 9.13 Å². The van der Waals surface area contributed by atoms with E-state index in [2.05, 4.69) is 9.97 Å². The summed E-state index contributed by atoms with van der Waals surface area (Å²) in [6.07, 6.45) is -3.70. The molecule has 0 aromatic carbocycles. The third kappa shape index (κ3) is 3.23. The number of nitrogens with one attached hydrogen (secondary N) is 1. The number of aliphatic hydroxyl groups is 5. The Hall–Kier alpha value is -2.29. The van der Waals surface area contributed by atoms with Gasteiger partial charge in [0.2, 0.25) is 5.95 Å². The fraction of sp³-hybridized carbons (Fsp3) is 0.615. The smallest absolute Gasteiger partial charge is 0.332 e. The van der Waals surface area contributed by atoms with E-state index < -0.39 is 48.6 Å². The number of imidazole rings is 1. The SMILES string of the molecule is Nc1nc2c(c(=O)[nH]1)n(CCC(O)(O)O)c(=O)n2C1OC(CO)CC1O. The van der Waals surface area contributed by atoms with Crippen LogP contribution in [0, 0.1) is 0 Å². The second kappa shape index (κ2) is 6.46. The van der Waals surface area contributed by atoms with Gasteiger partial charge in [-0.05, 0) is 0 Å². The average molecular weight is 373 g/mol. The molecule has 2 aromatic rings. The quantitative estimate of drug-likeness (QED) is 0.253. The number of aliphatic hydroxyl groups excluding tert-OH is 2. The first kappa shape index (κ1) is 18.5. The van der Waals surface area contributed by atoms with Gasteiger partial charge in [-0.2, -0.15) is 4.98 Å². The molecule has 0 aliphatic carbocycles. The Morgan fingerprint density at radius 1 is 1.35 bits per heavy atom. The number of anilines is 1. The Balaban J connectivity index is 2.19. The second-order valence-electron chi connectivity index (χ2n) is 6.09. The predicted molar refractivity (Wildman–Crippen MR) is 84.7 cm³/mol. The maximum absolute atomic E-state index is 12.8. The largest absolute Gasteiger partial charge is 0.394 e. The van der Waals surface area contributed by atoms with Gasteiger partial charge in [0, 0.05) is 19.4 Å². The monoisotopic (exact) mass is 373 g/mol. The number of ether oxygens (including phenoxy) is 1. The standard InChI is InChI=1S/C13H19N5O8/c14-11-15-8-7(9(21)16-11)17(2-1-13(23,24)25)12(22)18(8)10-6(20)3-5(4-19)26-10/h5-6,10,19-20,23-25H,1-4H2,(H3,14,15,16,21). The van der Waals surface area contributed by atoms with Gasteiger partial charge in [-0.25, -0.2) is 9.36 Å². The Kier molecular flexibility index (Phi) is 4.60. The summed E-state index contributed by atoms with van der Waals surface area (Å²) in [4.78, 5) is 31.2. The molecule has 3 unspecified atom stereocenters. The van der Waals surface area contributed by atoms with Gasteiger partial charge in [0.15, 0.2) is 17.4 Å². The van der Waals surface area contributed by atoms with Crippen LogP contribution in [0.2, 0.25) is 0 Å². The number of aryl methyl sites for hydroxylation is 1. The number of aromatic amines is 1. The third-order valence-corrected chi connectivity index (χ3v) is 4.12. The summed E-state index contributed by atoms with van der Waals surface area (Å²) in [5, 5.41) is 46.5. The van der Waals surface area contributed by atoms with Crippen molar-refractivity contribution in [2.24, 2.45) is 0 Å². The van der Waals surface area contributed by atoms with Gasteiger partial charge in [-0.3, -0.25) is 14.3 Å². The van der Waals surface area contributed by atoms with Crippen molar-refractivity contribution in [3.63, 3.8) is 0 Å². The van der Waals surface area contributed by atoms with Crippen LogP contribution in [0.1, 0.15) is 19.1 Å². The van der Waals surface area contributed by atoms with Gasteiger partial charge in [-0.15, -0.1) is 0 Å². The normalized spacial score (nSPS) is 23.8. The van der Waals surface area contributed by atoms with Crippen molar-refractivity contribution in [2.75, 3.05) is 12.3 Å². The fourth-order valence-electron chi connectivity index (χ4n) is 2.98. The highest BCUT2D eigenvalue weighted by atomic mass is 16.7. The van der Waals surface area contributed by atoms with Crippen molar-refractivity contribution in [1.29, 1.82) is 0 Å². The highest BCUT2D eigenvalue weighted by Crippen LogP contribution is 2.29. The Morgan fingerprint density at radius 3 is 2.62 bits per heavy atom. The zero-order valence-corrected chi connectivity index (χ0v) is 13.4. The van der Waals surface area contributed by atoms with Gasteiger partial charge in [0.25, 0.3) is 11.5 Å². The molecule has 1 fully saturated rings. The van der Waals surface area contributed by atoms with E-state index in [9.17, 15) is 19.8 Å². The molecule has 0 spiro atoms. The minimum atomic E-state index is -3.05. The summed E-state index contributed by atoms with van der Waals surface area (Å²) >= 11 is 0. The van der Waals surface area contributed by atoms with Crippen LogP contribution in [0.25, 0.3) is 11.2 Å². The Labute approximate surface area is 144 Å². The third-order valence-electron chi connectivity index (χ3n) is 4.12.